The molecule has 0 unspecified atom stereocenters. The summed E-state index contributed by atoms with van der Waals surface area (Å²) < 4.78 is 0. The molecular weight excluding hydrogens is 611 g/mol. The summed E-state index contributed by atoms with van der Waals surface area (Å²) in [6, 6.07) is 46.2. The molecule has 1 aliphatic carbocycles. The fraction of sp³-hybridized carbons (Fsp3) is 0.0222. The first kappa shape index (κ1) is 28.3. The first-order valence-electron chi connectivity index (χ1n) is 16.9. The molecule has 6 aromatic carbocycles. The van der Waals surface area contributed by atoms with Gasteiger partial charge in [-0.3, -0.25) is 0 Å². The summed E-state index contributed by atoms with van der Waals surface area (Å²) in [6.07, 6.45) is 9.46. The molecule has 8 aromatic rings. The van der Waals surface area contributed by atoms with E-state index < -0.39 is 0 Å². The number of hydrogen-bond donors (Lipinski definition) is 1. The number of nitrogens with one attached hydrogen (secondary N) is 1. The van der Waals surface area contributed by atoms with Crippen LogP contribution in [0.2, 0.25) is 0 Å². The van der Waals surface area contributed by atoms with Crippen molar-refractivity contribution >= 4 is 39.4 Å². The van der Waals surface area contributed by atoms with Crippen LogP contribution >= 0.6 is 0 Å². The van der Waals surface area contributed by atoms with Gasteiger partial charge in [-0.1, -0.05) is 121 Å². The van der Waals surface area contributed by atoms with Crippen molar-refractivity contribution in [1.29, 1.82) is 0 Å². The van der Waals surface area contributed by atoms with Crippen molar-refractivity contribution in [3.63, 3.8) is 0 Å². The Labute approximate surface area is 289 Å². The van der Waals surface area contributed by atoms with Crippen LogP contribution in [0.4, 0.5) is 5.69 Å². The summed E-state index contributed by atoms with van der Waals surface area (Å²) >= 11 is 0. The summed E-state index contributed by atoms with van der Waals surface area (Å²) in [5, 5.41) is 8.27. The zero-order valence-electron chi connectivity index (χ0n) is 27.0. The molecule has 50 heavy (non-hydrogen) atoms. The maximum atomic E-state index is 5.29. The normalized spacial score (nSPS) is 12.7. The van der Waals surface area contributed by atoms with Gasteiger partial charge in [0.2, 0.25) is 0 Å². The summed E-state index contributed by atoms with van der Waals surface area (Å²) in [6.45, 7) is 0. The average Bonchev–Trinajstić information content (AvgIpc) is 3.19. The molecule has 0 amide bonds. The first-order chi connectivity index (χ1) is 24.8. The molecule has 1 aliphatic heterocycles. The molecule has 3 heterocycles. The minimum absolute atomic E-state index is 0.630. The van der Waals surface area contributed by atoms with Crippen LogP contribution in [0.3, 0.4) is 0 Å². The molecule has 0 radical (unpaired) electrons. The van der Waals surface area contributed by atoms with Crippen LogP contribution in [0.5, 0.6) is 0 Å². The monoisotopic (exact) mass is 639 g/mol. The zero-order valence-corrected chi connectivity index (χ0v) is 27.0. The molecule has 5 heteroatoms. The Balaban J connectivity index is 1.23. The Morgan fingerprint density at radius 1 is 0.480 bits per heavy atom. The van der Waals surface area contributed by atoms with Gasteiger partial charge in [-0.15, -0.1) is 0 Å². The van der Waals surface area contributed by atoms with Crippen LogP contribution in [0.25, 0.3) is 90.4 Å². The topological polar surface area (TPSA) is 63.6 Å². The minimum Gasteiger partial charge on any atom is -0.361 e. The third-order valence-electron chi connectivity index (χ3n) is 9.70. The number of aromatic nitrogens is 4. The van der Waals surface area contributed by atoms with Gasteiger partial charge in [0.25, 0.3) is 0 Å². The van der Waals surface area contributed by atoms with E-state index in [-0.39, 0.29) is 0 Å². The molecule has 0 saturated carbocycles. The molecule has 0 bridgehead atoms. The Morgan fingerprint density at radius 2 is 1.12 bits per heavy atom. The number of rotatable bonds is 5. The number of hydrogen-bond acceptors (Lipinski definition) is 5. The maximum absolute atomic E-state index is 5.29. The molecule has 5 nitrogen and oxygen atoms in total. The fourth-order valence-corrected chi connectivity index (χ4v) is 7.34. The van der Waals surface area contributed by atoms with E-state index in [1.54, 1.807) is 0 Å². The highest BCUT2D eigenvalue weighted by molar-refractivity contribution is 6.08. The average molecular weight is 640 g/mol. The lowest BCUT2D eigenvalue weighted by Gasteiger charge is -2.18. The van der Waals surface area contributed by atoms with Gasteiger partial charge >= 0.3 is 0 Å². The second-order valence-electron chi connectivity index (χ2n) is 12.7. The van der Waals surface area contributed by atoms with Crippen LogP contribution in [-0.2, 0) is 6.42 Å². The quantitative estimate of drug-likeness (QED) is 0.203. The van der Waals surface area contributed by atoms with Gasteiger partial charge in [0.05, 0.1) is 28.5 Å². The number of benzene rings is 6. The van der Waals surface area contributed by atoms with E-state index in [2.05, 4.69) is 115 Å². The molecule has 234 valence electrons. The lowest BCUT2D eigenvalue weighted by molar-refractivity contribution is 1.14. The largest absolute Gasteiger partial charge is 0.361 e. The Hall–Kier alpha value is -6.72. The standard InChI is InChI=1S/C45H29N5/c1-3-10-28(11-4-1)37-26-39(49-44(47-37)35-22-20-31-15-7-14-30-18-9-19-34(35)41(30)31)40-27-38(29-12-5-2-6-13-29)48-45(50-40)36-23-21-32-16-8-17-33-24-25-46-43(36)42(32)33/h1-13,15-27,46H,14H2. The van der Waals surface area contributed by atoms with E-state index in [9.17, 15) is 0 Å². The maximum Gasteiger partial charge on any atom is 0.162 e. The zero-order chi connectivity index (χ0) is 33.0. The molecule has 0 saturated heterocycles. The van der Waals surface area contributed by atoms with Crippen molar-refractivity contribution in [1.82, 2.24) is 19.9 Å². The van der Waals surface area contributed by atoms with Gasteiger partial charge in [0.1, 0.15) is 0 Å². The van der Waals surface area contributed by atoms with Gasteiger partial charge < -0.3 is 5.32 Å². The van der Waals surface area contributed by atoms with Gasteiger partial charge in [-0.25, -0.2) is 19.9 Å². The van der Waals surface area contributed by atoms with Gasteiger partial charge in [-0.05, 0) is 69.6 Å². The predicted molar refractivity (Wildman–Crippen MR) is 205 cm³/mol. The summed E-state index contributed by atoms with van der Waals surface area (Å²) in [5.41, 5.74) is 11.8. The van der Waals surface area contributed by atoms with Crippen molar-refractivity contribution < 1.29 is 0 Å². The molecule has 1 N–H and O–H groups in total. The smallest absolute Gasteiger partial charge is 0.162 e. The van der Waals surface area contributed by atoms with Gasteiger partial charge in [0, 0.05) is 33.8 Å². The second kappa shape index (κ2) is 11.5. The number of anilines is 1. The second-order valence-corrected chi connectivity index (χ2v) is 12.7. The van der Waals surface area contributed by atoms with Crippen LogP contribution in [0.15, 0.2) is 146 Å². The van der Waals surface area contributed by atoms with Crippen LogP contribution in [-0.4, -0.2) is 19.9 Å². The van der Waals surface area contributed by atoms with Crippen molar-refractivity contribution in [3.05, 3.63) is 162 Å². The van der Waals surface area contributed by atoms with Crippen LogP contribution in [0.1, 0.15) is 16.7 Å². The van der Waals surface area contributed by atoms with E-state index in [4.69, 9.17) is 19.9 Å². The highest BCUT2D eigenvalue weighted by Gasteiger charge is 2.21. The molecular formula is C45H29N5. The Morgan fingerprint density at radius 3 is 1.86 bits per heavy atom. The van der Waals surface area contributed by atoms with Crippen molar-refractivity contribution in [2.24, 2.45) is 0 Å². The molecule has 10 rings (SSSR count). The van der Waals surface area contributed by atoms with E-state index in [0.29, 0.717) is 11.6 Å². The van der Waals surface area contributed by atoms with Crippen LogP contribution < -0.4 is 5.32 Å². The summed E-state index contributed by atoms with van der Waals surface area (Å²) in [5.74, 6) is 1.30. The van der Waals surface area contributed by atoms with Crippen molar-refractivity contribution in [2.45, 2.75) is 6.42 Å². The summed E-state index contributed by atoms with van der Waals surface area (Å²) in [4.78, 5) is 21.0. The highest BCUT2D eigenvalue weighted by atomic mass is 15.0. The van der Waals surface area contributed by atoms with E-state index >= 15 is 0 Å². The van der Waals surface area contributed by atoms with Gasteiger partial charge in [-0.2, -0.15) is 0 Å². The first-order valence-corrected chi connectivity index (χ1v) is 16.9. The number of nitrogens with zero attached hydrogens (tertiary/aromatic N) is 4. The Bertz CT molecular complexity index is 2690. The van der Waals surface area contributed by atoms with E-state index in [1.165, 1.54) is 27.5 Å². The van der Waals surface area contributed by atoms with Gasteiger partial charge in [0.15, 0.2) is 11.6 Å². The predicted octanol–water partition coefficient (Wildman–Crippen LogP) is 10.9. The Kier molecular flexibility index (Phi) is 6.49. The fourth-order valence-electron chi connectivity index (χ4n) is 7.34. The molecule has 0 atom stereocenters. The van der Waals surface area contributed by atoms with Crippen LogP contribution in [0, 0.1) is 0 Å². The summed E-state index contributed by atoms with van der Waals surface area (Å²) in [7, 11) is 0. The van der Waals surface area contributed by atoms with E-state index in [0.717, 1.165) is 67.9 Å². The molecule has 0 spiro atoms. The lowest BCUT2D eigenvalue weighted by atomic mass is 9.90. The van der Waals surface area contributed by atoms with E-state index in [1.807, 2.05) is 48.7 Å². The molecule has 2 aliphatic rings. The van der Waals surface area contributed by atoms with Crippen molar-refractivity contribution in [2.75, 3.05) is 5.32 Å². The lowest BCUT2D eigenvalue weighted by Crippen LogP contribution is -2.03. The molecule has 2 aromatic heterocycles. The molecule has 0 fully saturated rings. The minimum atomic E-state index is 0.630. The third kappa shape index (κ3) is 4.71. The SMILES string of the molecule is C1=Cc2ccc(-c3nc(-c4ccccc4)cc(-c4cc(-c5ccccc5)nc(-c5ccc6cccc7c6c5NC=C7)n4)n3)c3cccc(c23)C1. The van der Waals surface area contributed by atoms with Crippen molar-refractivity contribution in [3.8, 4) is 56.7 Å². The highest BCUT2D eigenvalue weighted by Crippen LogP contribution is 2.40. The number of allylic oxidation sites excluding steroid dienone is 1. The third-order valence-corrected chi connectivity index (χ3v) is 9.70.